The van der Waals surface area contributed by atoms with Gasteiger partial charge in [0.05, 0.1) is 7.11 Å². The van der Waals surface area contributed by atoms with Crippen LogP contribution < -0.4 is 15.4 Å². The van der Waals surface area contributed by atoms with Gasteiger partial charge < -0.3 is 15.4 Å². The summed E-state index contributed by atoms with van der Waals surface area (Å²) in [5.41, 5.74) is 4.29. The van der Waals surface area contributed by atoms with Gasteiger partial charge in [0.25, 0.3) is 5.91 Å². The summed E-state index contributed by atoms with van der Waals surface area (Å²) >= 11 is 0. The molecule has 1 amide bonds. The molecular formula is C22H24N4O2. The normalized spacial score (nSPS) is 10.4. The first kappa shape index (κ1) is 19.4. The maximum absolute atomic E-state index is 12.6. The molecule has 1 aromatic heterocycles. The van der Waals surface area contributed by atoms with E-state index in [1.165, 1.54) is 5.56 Å². The van der Waals surface area contributed by atoms with Crippen LogP contribution in [0.2, 0.25) is 0 Å². The summed E-state index contributed by atoms with van der Waals surface area (Å²) < 4.78 is 5.32. The lowest BCUT2D eigenvalue weighted by Gasteiger charge is -2.11. The van der Waals surface area contributed by atoms with E-state index in [0.717, 1.165) is 22.6 Å². The van der Waals surface area contributed by atoms with Gasteiger partial charge in [-0.3, -0.25) is 4.79 Å². The molecule has 6 nitrogen and oxygen atoms in total. The average molecular weight is 376 g/mol. The molecule has 6 heteroatoms. The lowest BCUT2D eigenvalue weighted by atomic mass is 10.1. The molecular weight excluding hydrogens is 352 g/mol. The van der Waals surface area contributed by atoms with Crippen molar-refractivity contribution in [1.29, 1.82) is 0 Å². The molecule has 3 aromatic rings. The van der Waals surface area contributed by atoms with Crippen molar-refractivity contribution in [3.63, 3.8) is 0 Å². The quantitative estimate of drug-likeness (QED) is 0.658. The van der Waals surface area contributed by atoms with E-state index in [9.17, 15) is 4.79 Å². The van der Waals surface area contributed by atoms with Gasteiger partial charge in [-0.05, 0) is 31.5 Å². The zero-order valence-electron chi connectivity index (χ0n) is 16.3. The average Bonchev–Trinajstić information content (AvgIpc) is 2.70. The van der Waals surface area contributed by atoms with E-state index >= 15 is 0 Å². The van der Waals surface area contributed by atoms with E-state index in [0.29, 0.717) is 24.7 Å². The van der Waals surface area contributed by atoms with Crippen LogP contribution in [0.25, 0.3) is 0 Å². The Morgan fingerprint density at radius 1 is 1.00 bits per heavy atom. The van der Waals surface area contributed by atoms with Gasteiger partial charge in [0, 0.05) is 24.3 Å². The number of para-hydroxylation sites is 1. The first-order chi connectivity index (χ1) is 13.5. The summed E-state index contributed by atoms with van der Waals surface area (Å²) in [4.78, 5) is 21.3. The molecule has 0 radical (unpaired) electrons. The number of nitrogens with zero attached hydrogens (tertiary/aromatic N) is 2. The standard InChI is InChI=1S/C22H24N4O2/c1-15-7-6-8-17(11-15)13-24-22-25-16(2)12-19(26-22)21(27)23-14-18-9-4-5-10-20(18)28-3/h4-12H,13-14H2,1-3H3,(H,23,27)(H,24,25,26). The molecule has 28 heavy (non-hydrogen) atoms. The van der Waals surface area contributed by atoms with Crippen molar-refractivity contribution in [3.05, 3.63) is 82.7 Å². The lowest BCUT2D eigenvalue weighted by molar-refractivity contribution is 0.0945. The maximum Gasteiger partial charge on any atom is 0.270 e. The highest BCUT2D eigenvalue weighted by atomic mass is 16.5. The first-order valence-electron chi connectivity index (χ1n) is 9.10. The number of aromatic nitrogens is 2. The summed E-state index contributed by atoms with van der Waals surface area (Å²) in [5.74, 6) is 0.918. The Bertz CT molecular complexity index is 972. The number of carbonyl (C=O) groups excluding carboxylic acids is 1. The smallest absolute Gasteiger partial charge is 0.270 e. The van der Waals surface area contributed by atoms with Gasteiger partial charge >= 0.3 is 0 Å². The Kier molecular flexibility index (Phi) is 6.22. The monoisotopic (exact) mass is 376 g/mol. The number of benzene rings is 2. The van der Waals surface area contributed by atoms with E-state index in [1.54, 1.807) is 13.2 Å². The van der Waals surface area contributed by atoms with Crippen LogP contribution in [0, 0.1) is 13.8 Å². The van der Waals surface area contributed by atoms with Crippen molar-refractivity contribution in [2.75, 3.05) is 12.4 Å². The van der Waals surface area contributed by atoms with E-state index < -0.39 is 0 Å². The molecule has 0 aliphatic rings. The number of ether oxygens (including phenoxy) is 1. The number of aryl methyl sites for hydroxylation is 2. The molecule has 0 fully saturated rings. The fraction of sp³-hybridized carbons (Fsp3) is 0.227. The summed E-state index contributed by atoms with van der Waals surface area (Å²) in [6, 6.07) is 17.5. The zero-order chi connectivity index (χ0) is 19.9. The minimum absolute atomic E-state index is 0.255. The van der Waals surface area contributed by atoms with Gasteiger partial charge in [-0.25, -0.2) is 9.97 Å². The topological polar surface area (TPSA) is 76.1 Å². The fourth-order valence-electron chi connectivity index (χ4n) is 2.88. The Morgan fingerprint density at radius 2 is 1.82 bits per heavy atom. The number of carbonyl (C=O) groups is 1. The molecule has 3 rings (SSSR count). The van der Waals surface area contributed by atoms with Crippen molar-refractivity contribution >= 4 is 11.9 Å². The molecule has 0 aliphatic heterocycles. The largest absolute Gasteiger partial charge is 0.496 e. The summed E-state index contributed by atoms with van der Waals surface area (Å²) in [7, 11) is 1.61. The number of anilines is 1. The third kappa shape index (κ3) is 5.07. The Hall–Kier alpha value is -3.41. The molecule has 144 valence electrons. The molecule has 0 bridgehead atoms. The second-order valence-corrected chi connectivity index (χ2v) is 6.56. The summed E-state index contributed by atoms with van der Waals surface area (Å²) in [5, 5.41) is 6.08. The van der Waals surface area contributed by atoms with Gasteiger partial charge in [-0.15, -0.1) is 0 Å². The molecule has 0 atom stereocenters. The van der Waals surface area contributed by atoms with Crippen molar-refractivity contribution in [1.82, 2.24) is 15.3 Å². The predicted molar refractivity (Wildman–Crippen MR) is 109 cm³/mol. The van der Waals surface area contributed by atoms with Crippen LogP contribution in [0.5, 0.6) is 5.75 Å². The van der Waals surface area contributed by atoms with Crippen LogP contribution in [0.15, 0.2) is 54.6 Å². The Morgan fingerprint density at radius 3 is 2.61 bits per heavy atom. The van der Waals surface area contributed by atoms with Gasteiger partial charge in [0.1, 0.15) is 11.4 Å². The van der Waals surface area contributed by atoms with Crippen molar-refractivity contribution in [2.24, 2.45) is 0 Å². The van der Waals surface area contributed by atoms with Crippen LogP contribution >= 0.6 is 0 Å². The molecule has 0 spiro atoms. The number of amides is 1. The second-order valence-electron chi connectivity index (χ2n) is 6.56. The van der Waals surface area contributed by atoms with Gasteiger partial charge in [0.2, 0.25) is 5.95 Å². The van der Waals surface area contributed by atoms with Crippen molar-refractivity contribution < 1.29 is 9.53 Å². The molecule has 2 aromatic carbocycles. The Balaban J connectivity index is 1.67. The number of rotatable bonds is 7. The highest BCUT2D eigenvalue weighted by Crippen LogP contribution is 2.17. The lowest BCUT2D eigenvalue weighted by Crippen LogP contribution is -2.24. The van der Waals surface area contributed by atoms with E-state index in [1.807, 2.05) is 43.3 Å². The maximum atomic E-state index is 12.6. The molecule has 2 N–H and O–H groups in total. The van der Waals surface area contributed by atoms with E-state index in [-0.39, 0.29) is 5.91 Å². The Labute approximate surface area is 165 Å². The fourth-order valence-corrected chi connectivity index (χ4v) is 2.88. The zero-order valence-corrected chi connectivity index (χ0v) is 16.3. The summed E-state index contributed by atoms with van der Waals surface area (Å²) in [6.45, 7) is 4.85. The highest BCUT2D eigenvalue weighted by Gasteiger charge is 2.11. The molecule has 0 saturated heterocycles. The third-order valence-corrected chi connectivity index (χ3v) is 4.25. The van der Waals surface area contributed by atoms with E-state index in [4.69, 9.17) is 4.74 Å². The van der Waals surface area contributed by atoms with Crippen LogP contribution in [0.4, 0.5) is 5.95 Å². The van der Waals surface area contributed by atoms with Gasteiger partial charge in [-0.1, -0.05) is 48.0 Å². The van der Waals surface area contributed by atoms with Crippen LogP contribution in [0.1, 0.15) is 32.9 Å². The minimum atomic E-state index is -0.255. The highest BCUT2D eigenvalue weighted by molar-refractivity contribution is 5.92. The second kappa shape index (κ2) is 8.99. The number of hydrogen-bond acceptors (Lipinski definition) is 5. The van der Waals surface area contributed by atoms with Gasteiger partial charge in [-0.2, -0.15) is 0 Å². The van der Waals surface area contributed by atoms with Crippen molar-refractivity contribution in [2.45, 2.75) is 26.9 Å². The number of nitrogens with one attached hydrogen (secondary N) is 2. The van der Waals surface area contributed by atoms with Crippen LogP contribution in [0.3, 0.4) is 0 Å². The first-order valence-corrected chi connectivity index (χ1v) is 9.10. The van der Waals surface area contributed by atoms with Crippen LogP contribution in [-0.4, -0.2) is 23.0 Å². The van der Waals surface area contributed by atoms with Crippen LogP contribution in [-0.2, 0) is 13.1 Å². The third-order valence-electron chi connectivity index (χ3n) is 4.25. The molecule has 0 unspecified atom stereocenters. The SMILES string of the molecule is COc1ccccc1CNC(=O)c1cc(C)nc(NCc2cccc(C)c2)n1. The number of hydrogen-bond donors (Lipinski definition) is 2. The van der Waals surface area contributed by atoms with Gasteiger partial charge in [0.15, 0.2) is 0 Å². The number of methoxy groups -OCH3 is 1. The van der Waals surface area contributed by atoms with Crippen molar-refractivity contribution in [3.8, 4) is 5.75 Å². The summed E-state index contributed by atoms with van der Waals surface area (Å²) in [6.07, 6.45) is 0. The molecule has 1 heterocycles. The van der Waals surface area contributed by atoms with E-state index in [2.05, 4.69) is 39.7 Å². The predicted octanol–water partition coefficient (Wildman–Crippen LogP) is 3.64. The molecule has 0 aliphatic carbocycles. The molecule has 0 saturated carbocycles. The minimum Gasteiger partial charge on any atom is -0.496 e.